The molecule has 130 valence electrons. The quantitative estimate of drug-likeness (QED) is 0.827. The number of rotatable bonds is 5. The Labute approximate surface area is 148 Å². The van der Waals surface area contributed by atoms with Crippen LogP contribution in [0.3, 0.4) is 0 Å². The van der Waals surface area contributed by atoms with E-state index in [0.29, 0.717) is 28.8 Å². The van der Waals surface area contributed by atoms with Crippen LogP contribution in [0.15, 0.2) is 18.2 Å². The Morgan fingerprint density at radius 1 is 1.39 bits per heavy atom. The normalized spacial score (nSPS) is 17.9. The van der Waals surface area contributed by atoms with Gasteiger partial charge in [0, 0.05) is 17.0 Å². The summed E-state index contributed by atoms with van der Waals surface area (Å²) in [6.07, 6.45) is 2.70. The van der Waals surface area contributed by atoms with Gasteiger partial charge in [0.25, 0.3) is 0 Å². The third kappa shape index (κ3) is 5.63. The van der Waals surface area contributed by atoms with Gasteiger partial charge in [-0.2, -0.15) is 0 Å². The fourth-order valence-corrected chi connectivity index (χ4v) is 3.50. The molecule has 1 aliphatic rings. The molecule has 2 unspecified atom stereocenters. The number of halogens is 3. The van der Waals surface area contributed by atoms with Crippen LogP contribution in [0.1, 0.15) is 44.7 Å². The molecule has 0 aliphatic carbocycles. The van der Waals surface area contributed by atoms with Gasteiger partial charge in [-0.25, -0.2) is 4.39 Å². The summed E-state index contributed by atoms with van der Waals surface area (Å²) in [5.74, 6) is 0.495. The molecule has 2 N–H and O–H groups in total. The van der Waals surface area contributed by atoms with E-state index in [4.69, 9.17) is 11.6 Å². The fraction of sp³-hybridized carbons (Fsp3) is 0.588. The highest BCUT2D eigenvalue weighted by atomic mass is 35.5. The van der Waals surface area contributed by atoms with Gasteiger partial charge in [0.1, 0.15) is 5.82 Å². The Morgan fingerprint density at radius 3 is 2.65 bits per heavy atom. The maximum atomic E-state index is 13.9. The zero-order valence-corrected chi connectivity index (χ0v) is 15.1. The number of hydrogen-bond donors (Lipinski definition) is 2. The van der Waals surface area contributed by atoms with E-state index in [0.717, 1.165) is 25.9 Å². The first-order chi connectivity index (χ1) is 10.5. The van der Waals surface area contributed by atoms with E-state index in [-0.39, 0.29) is 24.1 Å². The number of hydrogen-bond acceptors (Lipinski definition) is 2. The van der Waals surface area contributed by atoms with Gasteiger partial charge in [0.05, 0.1) is 6.04 Å². The largest absolute Gasteiger partial charge is 0.349 e. The lowest BCUT2D eigenvalue weighted by Crippen LogP contribution is -2.34. The molecule has 6 heteroatoms. The van der Waals surface area contributed by atoms with Gasteiger partial charge in [-0.3, -0.25) is 4.79 Å². The molecule has 23 heavy (non-hydrogen) atoms. The van der Waals surface area contributed by atoms with Gasteiger partial charge in [-0.1, -0.05) is 24.6 Å². The predicted octanol–water partition coefficient (Wildman–Crippen LogP) is 4.10. The zero-order chi connectivity index (χ0) is 16.1. The molecule has 0 bridgehead atoms. The summed E-state index contributed by atoms with van der Waals surface area (Å²) in [4.78, 5) is 12.2. The van der Waals surface area contributed by atoms with Crippen LogP contribution in [0.25, 0.3) is 0 Å². The SMILES string of the molecule is CC(NC(=O)CC(C)C1CCNCC1)c1c(F)cccc1Cl.Cl. The Morgan fingerprint density at radius 2 is 2.04 bits per heavy atom. The molecule has 3 nitrogen and oxygen atoms in total. The van der Waals surface area contributed by atoms with Gasteiger partial charge in [-0.05, 0) is 56.8 Å². The van der Waals surface area contributed by atoms with Crippen LogP contribution in [0.5, 0.6) is 0 Å². The van der Waals surface area contributed by atoms with E-state index in [1.165, 1.54) is 6.07 Å². The first kappa shape index (κ1) is 20.2. The Kier molecular flexibility index (Phi) is 8.31. The van der Waals surface area contributed by atoms with Crippen molar-refractivity contribution < 1.29 is 9.18 Å². The fourth-order valence-electron chi connectivity index (χ4n) is 3.17. The molecule has 0 saturated carbocycles. The minimum atomic E-state index is -0.429. The maximum Gasteiger partial charge on any atom is 0.220 e. The van der Waals surface area contributed by atoms with Crippen molar-refractivity contribution >= 4 is 29.9 Å². The van der Waals surface area contributed by atoms with Crippen LogP contribution in [0, 0.1) is 17.7 Å². The van der Waals surface area contributed by atoms with Gasteiger partial charge in [0.15, 0.2) is 0 Å². The topological polar surface area (TPSA) is 41.1 Å². The summed E-state index contributed by atoms with van der Waals surface area (Å²) in [5, 5.41) is 6.55. The van der Waals surface area contributed by atoms with Crippen molar-refractivity contribution in [2.24, 2.45) is 11.8 Å². The van der Waals surface area contributed by atoms with Crippen molar-refractivity contribution in [2.45, 2.75) is 39.2 Å². The number of nitrogens with one attached hydrogen (secondary N) is 2. The van der Waals surface area contributed by atoms with Crippen molar-refractivity contribution in [2.75, 3.05) is 13.1 Å². The average Bonchev–Trinajstić information content (AvgIpc) is 2.47. The molecule has 1 aromatic carbocycles. The molecule has 1 aliphatic heterocycles. The molecular weight excluding hydrogens is 338 g/mol. The number of benzene rings is 1. The minimum absolute atomic E-state index is 0. The van der Waals surface area contributed by atoms with Crippen LogP contribution < -0.4 is 10.6 Å². The Hall–Kier alpha value is -0.840. The Balaban J connectivity index is 0.00000264. The van der Waals surface area contributed by atoms with Gasteiger partial charge in [0.2, 0.25) is 5.91 Å². The average molecular weight is 363 g/mol. The first-order valence-electron chi connectivity index (χ1n) is 7.93. The highest BCUT2D eigenvalue weighted by Crippen LogP contribution is 2.27. The third-order valence-electron chi connectivity index (χ3n) is 4.51. The molecule has 1 aromatic rings. The first-order valence-corrected chi connectivity index (χ1v) is 8.30. The van der Waals surface area contributed by atoms with Crippen LogP contribution in [-0.4, -0.2) is 19.0 Å². The molecule has 1 heterocycles. The molecular formula is C17H25Cl2FN2O. The number of carbonyl (C=O) groups excluding carboxylic acids is 1. The lowest BCUT2D eigenvalue weighted by Gasteiger charge is -2.28. The molecule has 2 rings (SSSR count). The van der Waals surface area contributed by atoms with Crippen molar-refractivity contribution in [3.8, 4) is 0 Å². The third-order valence-corrected chi connectivity index (χ3v) is 4.84. The van der Waals surface area contributed by atoms with E-state index in [1.807, 2.05) is 0 Å². The van der Waals surface area contributed by atoms with Crippen molar-refractivity contribution in [1.29, 1.82) is 0 Å². The van der Waals surface area contributed by atoms with E-state index in [9.17, 15) is 9.18 Å². The summed E-state index contributed by atoms with van der Waals surface area (Å²) in [6, 6.07) is 4.14. The van der Waals surface area contributed by atoms with E-state index >= 15 is 0 Å². The lowest BCUT2D eigenvalue weighted by atomic mass is 9.84. The standard InChI is InChI=1S/C17H24ClFN2O.ClH/c1-11(13-6-8-20-9-7-13)10-16(22)21-12(2)17-14(18)4-3-5-15(17)19;/h3-5,11-13,20H,6-10H2,1-2H3,(H,21,22);1H. The molecule has 1 saturated heterocycles. The van der Waals surface area contributed by atoms with Crippen molar-refractivity contribution in [3.63, 3.8) is 0 Å². The predicted molar refractivity (Wildman–Crippen MR) is 94.6 cm³/mol. The summed E-state index contributed by atoms with van der Waals surface area (Å²) >= 11 is 6.04. The number of piperidine rings is 1. The molecule has 1 amide bonds. The van der Waals surface area contributed by atoms with Crippen molar-refractivity contribution in [1.82, 2.24) is 10.6 Å². The van der Waals surface area contributed by atoms with Gasteiger partial charge >= 0.3 is 0 Å². The van der Waals surface area contributed by atoms with Gasteiger partial charge < -0.3 is 10.6 Å². The zero-order valence-electron chi connectivity index (χ0n) is 13.6. The summed E-state index contributed by atoms with van der Waals surface area (Å²) < 4.78 is 13.9. The van der Waals surface area contributed by atoms with Crippen LogP contribution in [0.2, 0.25) is 5.02 Å². The lowest BCUT2D eigenvalue weighted by molar-refractivity contribution is -0.123. The van der Waals surface area contributed by atoms with Crippen LogP contribution in [0.4, 0.5) is 4.39 Å². The second kappa shape index (κ2) is 9.45. The summed E-state index contributed by atoms with van der Waals surface area (Å²) in [7, 11) is 0. The second-order valence-corrected chi connectivity index (χ2v) is 6.60. The van der Waals surface area contributed by atoms with E-state index in [2.05, 4.69) is 17.6 Å². The molecule has 0 radical (unpaired) electrons. The maximum absolute atomic E-state index is 13.9. The van der Waals surface area contributed by atoms with E-state index < -0.39 is 6.04 Å². The van der Waals surface area contributed by atoms with Crippen LogP contribution >= 0.6 is 24.0 Å². The Bertz CT molecular complexity index is 501. The molecule has 1 fully saturated rings. The van der Waals surface area contributed by atoms with Crippen molar-refractivity contribution in [3.05, 3.63) is 34.6 Å². The monoisotopic (exact) mass is 362 g/mol. The summed E-state index contributed by atoms with van der Waals surface area (Å²) in [5.41, 5.74) is 0.354. The number of carbonyl (C=O) groups is 1. The highest BCUT2D eigenvalue weighted by molar-refractivity contribution is 6.31. The van der Waals surface area contributed by atoms with Crippen LogP contribution in [-0.2, 0) is 4.79 Å². The summed E-state index contributed by atoms with van der Waals surface area (Å²) in [6.45, 7) is 5.93. The minimum Gasteiger partial charge on any atom is -0.349 e. The van der Waals surface area contributed by atoms with E-state index in [1.54, 1.807) is 19.1 Å². The highest BCUT2D eigenvalue weighted by Gasteiger charge is 2.23. The molecule has 0 aromatic heterocycles. The molecule has 2 atom stereocenters. The smallest absolute Gasteiger partial charge is 0.220 e. The second-order valence-electron chi connectivity index (χ2n) is 6.19. The van der Waals surface area contributed by atoms with Gasteiger partial charge in [-0.15, -0.1) is 12.4 Å². The molecule has 0 spiro atoms. The number of amides is 1.